The van der Waals surface area contributed by atoms with Crippen molar-refractivity contribution in [1.82, 2.24) is 14.0 Å². The molecular formula is C23H27N3O3. The van der Waals surface area contributed by atoms with E-state index in [0.29, 0.717) is 13.1 Å². The van der Waals surface area contributed by atoms with Crippen molar-refractivity contribution in [1.29, 1.82) is 0 Å². The molecule has 1 aliphatic heterocycles. The number of piperidine rings is 1. The third-order valence-electron chi connectivity index (χ3n) is 5.93. The molecule has 6 nitrogen and oxygen atoms in total. The number of methoxy groups -OCH3 is 1. The number of imidazole rings is 1. The summed E-state index contributed by atoms with van der Waals surface area (Å²) in [6, 6.07) is 17.9. The van der Waals surface area contributed by atoms with E-state index in [1.54, 1.807) is 4.57 Å². The maximum Gasteiger partial charge on any atom is 0.329 e. The second kappa shape index (κ2) is 8.25. The minimum atomic E-state index is -0.383. The number of ether oxygens (including phenoxy) is 1. The molecule has 0 spiro atoms. The monoisotopic (exact) mass is 393 g/mol. The number of aromatic nitrogens is 2. The van der Waals surface area contributed by atoms with Crippen LogP contribution in [0.1, 0.15) is 24.9 Å². The Hall–Kier alpha value is -2.86. The SMILES string of the molecule is CCn1c(=O)n([C@@H]2CCN(Cc3ccccc3)C[C@H]2C(=O)OC)c2ccccc21. The van der Waals surface area contributed by atoms with E-state index in [9.17, 15) is 9.59 Å². The van der Waals surface area contributed by atoms with Crippen molar-refractivity contribution in [3.05, 3.63) is 70.6 Å². The summed E-state index contributed by atoms with van der Waals surface area (Å²) in [6.07, 6.45) is 0.726. The van der Waals surface area contributed by atoms with Gasteiger partial charge in [-0.25, -0.2) is 4.79 Å². The molecule has 2 atom stereocenters. The summed E-state index contributed by atoms with van der Waals surface area (Å²) in [5, 5.41) is 0. The molecule has 6 heteroatoms. The molecule has 1 aromatic heterocycles. The molecule has 3 aromatic rings. The minimum Gasteiger partial charge on any atom is -0.469 e. The van der Waals surface area contributed by atoms with Crippen molar-refractivity contribution in [3.63, 3.8) is 0 Å². The van der Waals surface area contributed by atoms with Crippen molar-refractivity contribution in [2.24, 2.45) is 5.92 Å². The van der Waals surface area contributed by atoms with Crippen LogP contribution in [0.5, 0.6) is 0 Å². The average molecular weight is 393 g/mol. The van der Waals surface area contributed by atoms with Crippen LogP contribution >= 0.6 is 0 Å². The van der Waals surface area contributed by atoms with E-state index in [4.69, 9.17) is 4.74 Å². The highest BCUT2D eigenvalue weighted by atomic mass is 16.5. The van der Waals surface area contributed by atoms with E-state index in [1.807, 2.05) is 54.0 Å². The zero-order chi connectivity index (χ0) is 20.4. The number of carbonyl (C=O) groups is 1. The highest BCUT2D eigenvalue weighted by molar-refractivity contribution is 5.77. The predicted molar refractivity (Wildman–Crippen MR) is 113 cm³/mol. The molecule has 29 heavy (non-hydrogen) atoms. The lowest BCUT2D eigenvalue weighted by Gasteiger charge is -2.37. The molecule has 1 aliphatic rings. The highest BCUT2D eigenvalue weighted by Gasteiger charge is 2.38. The number of rotatable bonds is 5. The van der Waals surface area contributed by atoms with E-state index in [2.05, 4.69) is 17.0 Å². The summed E-state index contributed by atoms with van der Waals surface area (Å²) >= 11 is 0. The zero-order valence-electron chi connectivity index (χ0n) is 17.0. The van der Waals surface area contributed by atoms with Gasteiger partial charge in [-0.2, -0.15) is 0 Å². The van der Waals surface area contributed by atoms with Gasteiger partial charge < -0.3 is 4.74 Å². The molecule has 2 aromatic carbocycles. The maximum atomic E-state index is 13.2. The Morgan fingerprint density at radius 2 is 1.76 bits per heavy atom. The molecule has 0 unspecified atom stereocenters. The number of hydrogen-bond acceptors (Lipinski definition) is 4. The maximum absolute atomic E-state index is 13.2. The highest BCUT2D eigenvalue weighted by Crippen LogP contribution is 2.32. The number of likely N-dealkylation sites (tertiary alicyclic amines) is 1. The summed E-state index contributed by atoms with van der Waals surface area (Å²) in [4.78, 5) is 28.2. The topological polar surface area (TPSA) is 56.5 Å². The number of aryl methyl sites for hydroxylation is 1. The van der Waals surface area contributed by atoms with Crippen LogP contribution in [-0.4, -0.2) is 40.2 Å². The van der Waals surface area contributed by atoms with Crippen molar-refractivity contribution in [3.8, 4) is 0 Å². The lowest BCUT2D eigenvalue weighted by Crippen LogP contribution is -2.46. The first-order chi connectivity index (χ1) is 14.1. The largest absolute Gasteiger partial charge is 0.469 e. The summed E-state index contributed by atoms with van der Waals surface area (Å²) in [5.74, 6) is -0.640. The van der Waals surface area contributed by atoms with Gasteiger partial charge in [-0.05, 0) is 31.0 Å². The van der Waals surface area contributed by atoms with E-state index in [1.165, 1.54) is 12.7 Å². The second-order valence-corrected chi connectivity index (χ2v) is 7.59. The quantitative estimate of drug-likeness (QED) is 0.625. The van der Waals surface area contributed by atoms with Gasteiger partial charge in [0, 0.05) is 26.2 Å². The Bertz CT molecular complexity index is 1050. The minimum absolute atomic E-state index is 0.0517. The summed E-state index contributed by atoms with van der Waals surface area (Å²) in [6.45, 7) is 4.75. The van der Waals surface area contributed by atoms with Crippen LogP contribution < -0.4 is 5.69 Å². The third kappa shape index (κ3) is 3.60. The predicted octanol–water partition coefficient (Wildman–Crippen LogP) is 3.06. The zero-order valence-corrected chi connectivity index (χ0v) is 17.0. The fourth-order valence-corrected chi connectivity index (χ4v) is 4.54. The summed E-state index contributed by atoms with van der Waals surface area (Å²) < 4.78 is 8.73. The first kappa shape index (κ1) is 19.5. The Kier molecular flexibility index (Phi) is 5.53. The molecule has 2 heterocycles. The normalized spacial score (nSPS) is 20.1. The van der Waals surface area contributed by atoms with Crippen molar-refractivity contribution in [2.45, 2.75) is 32.5 Å². The van der Waals surface area contributed by atoms with E-state index < -0.39 is 0 Å². The number of para-hydroxylation sites is 2. The molecule has 1 fully saturated rings. The standard InChI is InChI=1S/C23H27N3O3/c1-3-25-20-11-7-8-12-21(20)26(23(25)28)19-13-14-24(16-18(19)22(27)29-2)15-17-9-5-4-6-10-17/h4-12,18-19H,3,13-16H2,1-2H3/t18-,19-/m1/s1. The van der Waals surface area contributed by atoms with Crippen LogP contribution in [-0.2, 0) is 22.6 Å². The van der Waals surface area contributed by atoms with Crippen LogP contribution in [0.15, 0.2) is 59.4 Å². The molecule has 0 aliphatic carbocycles. The van der Waals surface area contributed by atoms with Crippen LogP contribution in [0.2, 0.25) is 0 Å². The van der Waals surface area contributed by atoms with Gasteiger partial charge in [0.1, 0.15) is 0 Å². The molecule has 152 valence electrons. The molecule has 1 saturated heterocycles. The summed E-state index contributed by atoms with van der Waals surface area (Å²) in [7, 11) is 1.42. The van der Waals surface area contributed by atoms with Crippen LogP contribution in [0.25, 0.3) is 11.0 Å². The van der Waals surface area contributed by atoms with Gasteiger partial charge in [-0.15, -0.1) is 0 Å². The van der Waals surface area contributed by atoms with Crippen molar-refractivity contribution >= 4 is 17.0 Å². The molecule has 4 rings (SSSR count). The molecule has 0 amide bonds. The second-order valence-electron chi connectivity index (χ2n) is 7.59. The molecular weight excluding hydrogens is 366 g/mol. The molecule has 0 radical (unpaired) electrons. The lowest BCUT2D eigenvalue weighted by molar-refractivity contribution is -0.149. The molecule has 0 bridgehead atoms. The van der Waals surface area contributed by atoms with Gasteiger partial charge in [-0.1, -0.05) is 42.5 Å². The smallest absolute Gasteiger partial charge is 0.329 e. The van der Waals surface area contributed by atoms with Gasteiger partial charge in [0.05, 0.1) is 30.1 Å². The number of benzene rings is 2. The average Bonchev–Trinajstić information content (AvgIpc) is 3.05. The number of esters is 1. The summed E-state index contributed by atoms with van der Waals surface area (Å²) in [5.41, 5.74) is 2.96. The van der Waals surface area contributed by atoms with Gasteiger partial charge in [0.25, 0.3) is 0 Å². The first-order valence-corrected chi connectivity index (χ1v) is 10.2. The van der Waals surface area contributed by atoms with E-state index >= 15 is 0 Å². The van der Waals surface area contributed by atoms with Crippen LogP contribution in [0.3, 0.4) is 0 Å². The Morgan fingerprint density at radius 1 is 1.07 bits per heavy atom. The van der Waals surface area contributed by atoms with Gasteiger partial charge in [0.2, 0.25) is 0 Å². The fourth-order valence-electron chi connectivity index (χ4n) is 4.54. The fraction of sp³-hybridized carbons (Fsp3) is 0.391. The molecule has 0 saturated carbocycles. The van der Waals surface area contributed by atoms with Crippen LogP contribution in [0, 0.1) is 5.92 Å². The van der Waals surface area contributed by atoms with E-state index in [0.717, 1.165) is 30.5 Å². The van der Waals surface area contributed by atoms with E-state index in [-0.39, 0.29) is 23.6 Å². The van der Waals surface area contributed by atoms with Crippen molar-refractivity contribution < 1.29 is 9.53 Å². The lowest BCUT2D eigenvalue weighted by atomic mass is 9.91. The van der Waals surface area contributed by atoms with Gasteiger partial charge >= 0.3 is 11.7 Å². The van der Waals surface area contributed by atoms with Gasteiger partial charge in [-0.3, -0.25) is 18.8 Å². The van der Waals surface area contributed by atoms with Crippen molar-refractivity contribution in [2.75, 3.05) is 20.2 Å². The number of nitrogens with zero attached hydrogens (tertiary/aromatic N) is 3. The Labute approximate surface area is 170 Å². The first-order valence-electron chi connectivity index (χ1n) is 10.2. The number of carbonyl (C=O) groups excluding carboxylic acids is 1. The Balaban J connectivity index is 1.69. The Morgan fingerprint density at radius 3 is 2.45 bits per heavy atom. The number of fused-ring (bicyclic) bond motifs is 1. The number of hydrogen-bond donors (Lipinski definition) is 0. The van der Waals surface area contributed by atoms with Gasteiger partial charge in [0.15, 0.2) is 0 Å². The van der Waals surface area contributed by atoms with Crippen LogP contribution in [0.4, 0.5) is 0 Å². The third-order valence-corrected chi connectivity index (χ3v) is 5.93. The molecule has 0 N–H and O–H groups in total.